The molecule has 0 aliphatic carbocycles. The van der Waals surface area contributed by atoms with E-state index in [-0.39, 0.29) is 17.7 Å². The van der Waals surface area contributed by atoms with Crippen LogP contribution in [0, 0.1) is 11.7 Å². The van der Waals surface area contributed by atoms with Crippen molar-refractivity contribution in [3.05, 3.63) is 35.9 Å². The van der Waals surface area contributed by atoms with E-state index in [4.69, 9.17) is 4.74 Å². The van der Waals surface area contributed by atoms with Crippen LogP contribution < -0.4 is 0 Å². The largest absolute Gasteiger partial charge is 0.469 e. The molecule has 2 aromatic rings. The van der Waals surface area contributed by atoms with Gasteiger partial charge in [-0.2, -0.15) is 0 Å². The molecule has 20 heavy (non-hydrogen) atoms. The first kappa shape index (κ1) is 12.8. The molecular weight excluding hydrogens is 261 g/mol. The van der Waals surface area contributed by atoms with Gasteiger partial charge in [0.2, 0.25) is 0 Å². The minimum absolute atomic E-state index is 0.228. The van der Waals surface area contributed by atoms with Crippen molar-refractivity contribution in [2.75, 3.05) is 7.11 Å². The Morgan fingerprint density at radius 1 is 1.40 bits per heavy atom. The molecule has 104 valence electrons. The number of benzene rings is 1. The Hall–Kier alpha value is -2.24. The molecule has 6 heteroatoms. The fourth-order valence-corrected chi connectivity index (χ4v) is 2.53. The van der Waals surface area contributed by atoms with Crippen LogP contribution >= 0.6 is 0 Å². The molecule has 1 aliphatic heterocycles. The molecule has 0 spiro atoms. The average molecular weight is 275 g/mol. The predicted molar refractivity (Wildman–Crippen MR) is 69.2 cm³/mol. The molecule has 0 N–H and O–H groups in total. The van der Waals surface area contributed by atoms with Gasteiger partial charge in [-0.05, 0) is 18.6 Å². The van der Waals surface area contributed by atoms with Gasteiger partial charge in [-0.25, -0.2) is 4.39 Å². The number of hydrogen-bond donors (Lipinski definition) is 0. The molecule has 1 unspecified atom stereocenters. The molecule has 0 fully saturated rings. The number of fused-ring (bicyclic) bond motifs is 1. The normalized spacial score (nSPS) is 17.6. The third kappa shape index (κ3) is 2.07. The van der Waals surface area contributed by atoms with E-state index in [2.05, 4.69) is 10.2 Å². The Kier molecular flexibility index (Phi) is 3.22. The summed E-state index contributed by atoms with van der Waals surface area (Å²) in [5.41, 5.74) is 0.400. The van der Waals surface area contributed by atoms with Crippen molar-refractivity contribution in [2.24, 2.45) is 5.92 Å². The van der Waals surface area contributed by atoms with E-state index in [1.165, 1.54) is 13.2 Å². The van der Waals surface area contributed by atoms with Crippen molar-refractivity contribution < 1.29 is 13.9 Å². The van der Waals surface area contributed by atoms with Crippen LogP contribution in [0.5, 0.6) is 0 Å². The Balaban J connectivity index is 1.99. The molecule has 0 radical (unpaired) electrons. The molecular formula is C14H14FN3O2. The van der Waals surface area contributed by atoms with Gasteiger partial charge in [0.05, 0.1) is 18.6 Å². The topological polar surface area (TPSA) is 57.0 Å². The summed E-state index contributed by atoms with van der Waals surface area (Å²) in [6.07, 6.45) is 1.32. The molecule has 1 aromatic carbocycles. The second-order valence-corrected chi connectivity index (χ2v) is 4.79. The highest BCUT2D eigenvalue weighted by atomic mass is 19.1. The Morgan fingerprint density at radius 2 is 2.20 bits per heavy atom. The third-order valence-corrected chi connectivity index (χ3v) is 3.60. The van der Waals surface area contributed by atoms with Gasteiger partial charge in [-0.15, -0.1) is 10.2 Å². The van der Waals surface area contributed by atoms with Crippen LogP contribution in [0.1, 0.15) is 12.2 Å². The maximum Gasteiger partial charge on any atom is 0.310 e. The number of rotatable bonds is 2. The van der Waals surface area contributed by atoms with Crippen molar-refractivity contribution >= 4 is 5.97 Å². The molecule has 0 amide bonds. The monoisotopic (exact) mass is 275 g/mol. The predicted octanol–water partition coefficient (Wildman–Crippen LogP) is 1.82. The number of aryl methyl sites for hydroxylation is 1. The van der Waals surface area contributed by atoms with Crippen LogP contribution in [-0.4, -0.2) is 27.8 Å². The molecule has 1 aromatic heterocycles. The van der Waals surface area contributed by atoms with Gasteiger partial charge in [-0.3, -0.25) is 4.79 Å². The van der Waals surface area contributed by atoms with Crippen molar-refractivity contribution in [3.63, 3.8) is 0 Å². The van der Waals surface area contributed by atoms with E-state index < -0.39 is 0 Å². The molecule has 1 atom stereocenters. The highest BCUT2D eigenvalue weighted by Gasteiger charge is 2.29. The van der Waals surface area contributed by atoms with Gasteiger partial charge in [0.15, 0.2) is 5.82 Å². The summed E-state index contributed by atoms with van der Waals surface area (Å²) in [7, 11) is 1.38. The van der Waals surface area contributed by atoms with Crippen LogP contribution in [0.25, 0.3) is 11.4 Å². The summed E-state index contributed by atoms with van der Waals surface area (Å²) in [4.78, 5) is 11.7. The smallest absolute Gasteiger partial charge is 0.310 e. The Labute approximate surface area is 115 Å². The zero-order valence-electron chi connectivity index (χ0n) is 11.0. The summed E-state index contributed by atoms with van der Waals surface area (Å²) in [6, 6.07) is 6.43. The lowest BCUT2D eigenvalue weighted by Gasteiger charge is -2.22. The van der Waals surface area contributed by atoms with E-state index >= 15 is 0 Å². The minimum Gasteiger partial charge on any atom is -0.469 e. The van der Waals surface area contributed by atoms with Gasteiger partial charge in [0.1, 0.15) is 11.6 Å². The molecule has 0 saturated carbocycles. The maximum atomic E-state index is 13.9. The Bertz CT molecular complexity index is 654. The number of esters is 1. The maximum absolute atomic E-state index is 13.9. The van der Waals surface area contributed by atoms with Gasteiger partial charge in [0.25, 0.3) is 0 Å². The van der Waals surface area contributed by atoms with E-state index in [0.717, 1.165) is 5.82 Å². The van der Waals surface area contributed by atoms with Crippen molar-refractivity contribution in [1.82, 2.24) is 14.8 Å². The lowest BCUT2D eigenvalue weighted by Crippen LogP contribution is -2.28. The highest BCUT2D eigenvalue weighted by molar-refractivity contribution is 5.72. The van der Waals surface area contributed by atoms with Crippen molar-refractivity contribution in [1.29, 1.82) is 0 Å². The van der Waals surface area contributed by atoms with Gasteiger partial charge in [-0.1, -0.05) is 12.1 Å². The van der Waals surface area contributed by atoms with E-state index in [0.29, 0.717) is 30.8 Å². The summed E-state index contributed by atoms with van der Waals surface area (Å²) < 4.78 is 20.5. The van der Waals surface area contributed by atoms with Crippen LogP contribution in [0.15, 0.2) is 24.3 Å². The molecule has 0 saturated heterocycles. The fraction of sp³-hybridized carbons (Fsp3) is 0.357. The summed E-state index contributed by atoms with van der Waals surface area (Å²) in [6.45, 7) is 0.429. The minimum atomic E-state index is -0.345. The number of carbonyl (C=O) groups is 1. The number of aromatic nitrogens is 3. The number of halogens is 1. The van der Waals surface area contributed by atoms with Crippen LogP contribution in [0.3, 0.4) is 0 Å². The number of hydrogen-bond acceptors (Lipinski definition) is 4. The zero-order valence-corrected chi connectivity index (χ0v) is 11.0. The van der Waals surface area contributed by atoms with Crippen molar-refractivity contribution in [2.45, 2.75) is 19.4 Å². The SMILES string of the molecule is COC(=O)C1CCc2nnc(-c3ccccc3F)n2C1. The second kappa shape index (κ2) is 5.03. The van der Waals surface area contributed by atoms with Crippen LogP contribution in [-0.2, 0) is 22.5 Å². The summed E-state index contributed by atoms with van der Waals surface area (Å²) in [5, 5.41) is 8.16. The molecule has 2 heterocycles. The van der Waals surface area contributed by atoms with E-state index in [1.807, 2.05) is 4.57 Å². The van der Waals surface area contributed by atoms with Gasteiger partial charge >= 0.3 is 5.97 Å². The second-order valence-electron chi connectivity index (χ2n) is 4.79. The first-order valence-corrected chi connectivity index (χ1v) is 6.45. The van der Waals surface area contributed by atoms with E-state index in [1.54, 1.807) is 18.2 Å². The fourth-order valence-electron chi connectivity index (χ4n) is 2.53. The van der Waals surface area contributed by atoms with Crippen LogP contribution in [0.2, 0.25) is 0 Å². The van der Waals surface area contributed by atoms with Gasteiger partial charge < -0.3 is 9.30 Å². The van der Waals surface area contributed by atoms with Crippen LogP contribution in [0.4, 0.5) is 4.39 Å². The standard InChI is InChI=1S/C14H14FN3O2/c1-20-14(19)9-6-7-12-16-17-13(18(12)8-9)10-4-2-3-5-11(10)15/h2-5,9H,6-8H2,1H3. The molecule has 3 rings (SSSR count). The number of methoxy groups -OCH3 is 1. The Morgan fingerprint density at radius 3 is 2.95 bits per heavy atom. The molecule has 1 aliphatic rings. The van der Waals surface area contributed by atoms with E-state index in [9.17, 15) is 9.18 Å². The first-order chi connectivity index (χ1) is 9.70. The zero-order chi connectivity index (χ0) is 14.1. The molecule has 5 nitrogen and oxygen atoms in total. The lowest BCUT2D eigenvalue weighted by molar-refractivity contribution is -0.146. The average Bonchev–Trinajstić information content (AvgIpc) is 2.90. The van der Waals surface area contributed by atoms with Crippen molar-refractivity contribution in [3.8, 4) is 11.4 Å². The number of nitrogens with zero attached hydrogens (tertiary/aromatic N) is 3. The highest BCUT2D eigenvalue weighted by Crippen LogP contribution is 2.27. The number of ether oxygens (including phenoxy) is 1. The third-order valence-electron chi connectivity index (χ3n) is 3.60. The first-order valence-electron chi connectivity index (χ1n) is 6.45. The molecule has 0 bridgehead atoms. The summed E-state index contributed by atoms with van der Waals surface area (Å²) in [5.74, 6) is 0.427. The van der Waals surface area contributed by atoms with Gasteiger partial charge in [0, 0.05) is 13.0 Å². The quantitative estimate of drug-likeness (QED) is 0.784. The number of carbonyl (C=O) groups excluding carboxylic acids is 1. The summed E-state index contributed by atoms with van der Waals surface area (Å²) >= 11 is 0. The lowest BCUT2D eigenvalue weighted by atomic mass is 9.99.